The molecular formula is C9H7ClN2O4. The third-order valence-electron chi connectivity index (χ3n) is 1.71. The van der Waals surface area contributed by atoms with Crippen LogP contribution in [0.5, 0.6) is 5.75 Å². The van der Waals surface area contributed by atoms with Gasteiger partial charge >= 0.3 is 5.69 Å². The maximum atomic E-state index is 10.5. The zero-order chi connectivity index (χ0) is 12.3. The van der Waals surface area contributed by atoms with E-state index in [9.17, 15) is 20.0 Å². The van der Waals surface area contributed by atoms with Gasteiger partial charge in [-0.25, -0.2) is 0 Å². The number of hydrogen-bond acceptors (Lipinski definition) is 4. The number of amides is 1. The SMILES string of the molecule is NC(=O)/C=C\c1cc(Cl)cc([N+](=O)[O-])c1O. The number of primary amides is 1. The normalized spacial score (nSPS) is 10.6. The van der Waals surface area contributed by atoms with E-state index in [1.807, 2.05) is 0 Å². The van der Waals surface area contributed by atoms with Gasteiger partial charge in [0.2, 0.25) is 11.7 Å². The van der Waals surface area contributed by atoms with Gasteiger partial charge in [-0.2, -0.15) is 0 Å². The number of nitrogens with zero attached hydrogens (tertiary/aromatic N) is 1. The Kier molecular flexibility index (Phi) is 3.47. The highest BCUT2D eigenvalue weighted by molar-refractivity contribution is 6.31. The second-order valence-corrected chi connectivity index (χ2v) is 3.29. The molecule has 0 saturated carbocycles. The topological polar surface area (TPSA) is 106 Å². The van der Waals surface area contributed by atoms with Gasteiger partial charge in [-0.3, -0.25) is 14.9 Å². The molecule has 6 nitrogen and oxygen atoms in total. The smallest absolute Gasteiger partial charge is 0.312 e. The third-order valence-corrected chi connectivity index (χ3v) is 1.93. The molecule has 16 heavy (non-hydrogen) atoms. The van der Waals surface area contributed by atoms with Crippen molar-refractivity contribution >= 4 is 29.3 Å². The Morgan fingerprint density at radius 1 is 1.56 bits per heavy atom. The van der Waals surface area contributed by atoms with Crippen molar-refractivity contribution in [2.24, 2.45) is 5.73 Å². The van der Waals surface area contributed by atoms with Crippen molar-refractivity contribution in [3.63, 3.8) is 0 Å². The minimum atomic E-state index is -0.775. The summed E-state index contributed by atoms with van der Waals surface area (Å²) in [5, 5.41) is 20.1. The van der Waals surface area contributed by atoms with E-state index in [2.05, 4.69) is 0 Å². The van der Waals surface area contributed by atoms with Crippen LogP contribution in [0, 0.1) is 10.1 Å². The Morgan fingerprint density at radius 3 is 2.69 bits per heavy atom. The van der Waals surface area contributed by atoms with E-state index in [1.165, 1.54) is 6.07 Å². The minimum Gasteiger partial charge on any atom is -0.502 e. The highest BCUT2D eigenvalue weighted by atomic mass is 35.5. The number of phenolic OH excluding ortho intramolecular Hbond substituents is 1. The van der Waals surface area contributed by atoms with Crippen LogP contribution in [0.4, 0.5) is 5.69 Å². The number of aromatic hydroxyl groups is 1. The molecular weight excluding hydrogens is 236 g/mol. The molecule has 0 fully saturated rings. The van der Waals surface area contributed by atoms with Crippen LogP contribution in [-0.4, -0.2) is 15.9 Å². The zero-order valence-electron chi connectivity index (χ0n) is 7.88. The molecule has 7 heteroatoms. The number of nitro benzene ring substituents is 1. The maximum absolute atomic E-state index is 10.5. The van der Waals surface area contributed by atoms with Crippen molar-refractivity contribution in [1.29, 1.82) is 0 Å². The summed E-state index contributed by atoms with van der Waals surface area (Å²) in [6, 6.07) is 2.29. The first-order chi connectivity index (χ1) is 7.41. The van der Waals surface area contributed by atoms with Crippen molar-refractivity contribution in [3.8, 4) is 5.75 Å². The molecule has 0 saturated heterocycles. The predicted octanol–water partition coefficient (Wildman–Crippen LogP) is 1.45. The summed E-state index contributed by atoms with van der Waals surface area (Å²) in [4.78, 5) is 20.2. The van der Waals surface area contributed by atoms with Gasteiger partial charge in [-0.1, -0.05) is 11.6 Å². The number of nitrogens with two attached hydrogens (primary N) is 1. The van der Waals surface area contributed by atoms with E-state index >= 15 is 0 Å². The third kappa shape index (κ3) is 2.71. The van der Waals surface area contributed by atoms with Crippen LogP contribution >= 0.6 is 11.6 Å². The van der Waals surface area contributed by atoms with Gasteiger partial charge in [0.05, 0.1) is 4.92 Å². The lowest BCUT2D eigenvalue weighted by molar-refractivity contribution is -0.385. The zero-order valence-corrected chi connectivity index (χ0v) is 8.64. The van der Waals surface area contributed by atoms with Gasteiger partial charge in [0.15, 0.2) is 0 Å². The monoisotopic (exact) mass is 242 g/mol. The number of nitro groups is 1. The molecule has 0 aliphatic heterocycles. The molecule has 3 N–H and O–H groups in total. The molecule has 0 heterocycles. The van der Waals surface area contributed by atoms with Crippen molar-refractivity contribution in [1.82, 2.24) is 0 Å². The van der Waals surface area contributed by atoms with Crippen LogP contribution in [0.15, 0.2) is 18.2 Å². The fourth-order valence-electron chi connectivity index (χ4n) is 1.04. The lowest BCUT2D eigenvalue weighted by Crippen LogP contribution is -2.05. The molecule has 0 spiro atoms. The maximum Gasteiger partial charge on any atom is 0.312 e. The number of rotatable bonds is 3. The highest BCUT2D eigenvalue weighted by Crippen LogP contribution is 2.33. The molecule has 0 atom stereocenters. The van der Waals surface area contributed by atoms with Crippen LogP contribution in [0.2, 0.25) is 5.02 Å². The van der Waals surface area contributed by atoms with E-state index in [4.69, 9.17) is 17.3 Å². The highest BCUT2D eigenvalue weighted by Gasteiger charge is 2.17. The first-order valence-corrected chi connectivity index (χ1v) is 4.44. The van der Waals surface area contributed by atoms with Crippen LogP contribution in [0.3, 0.4) is 0 Å². The van der Waals surface area contributed by atoms with Crippen molar-refractivity contribution < 1.29 is 14.8 Å². The quantitative estimate of drug-likeness (QED) is 0.475. The molecule has 0 aliphatic rings. The number of carbonyl (C=O) groups is 1. The summed E-state index contributed by atoms with van der Waals surface area (Å²) in [5.74, 6) is -1.30. The van der Waals surface area contributed by atoms with E-state index in [1.54, 1.807) is 0 Å². The summed E-state index contributed by atoms with van der Waals surface area (Å²) in [5.41, 5.74) is 4.37. The molecule has 0 aromatic heterocycles. The van der Waals surface area contributed by atoms with Gasteiger partial charge in [-0.05, 0) is 12.1 Å². The molecule has 1 amide bonds. The summed E-state index contributed by atoms with van der Waals surface area (Å²) < 4.78 is 0. The Labute approximate surface area is 95.1 Å². The average molecular weight is 243 g/mol. The van der Waals surface area contributed by atoms with Crippen LogP contribution in [-0.2, 0) is 4.79 Å². The lowest BCUT2D eigenvalue weighted by Gasteiger charge is -2.01. The minimum absolute atomic E-state index is 0.0537. The molecule has 0 unspecified atom stereocenters. The summed E-state index contributed by atoms with van der Waals surface area (Å²) in [7, 11) is 0. The van der Waals surface area contributed by atoms with Gasteiger partial charge < -0.3 is 10.8 Å². The largest absolute Gasteiger partial charge is 0.502 e. The number of halogens is 1. The van der Waals surface area contributed by atoms with Crippen molar-refractivity contribution in [2.45, 2.75) is 0 Å². The van der Waals surface area contributed by atoms with E-state index in [0.29, 0.717) is 0 Å². The number of carbonyl (C=O) groups excluding carboxylic acids is 1. The predicted molar refractivity (Wildman–Crippen MR) is 58.0 cm³/mol. The average Bonchev–Trinajstić information content (AvgIpc) is 2.18. The number of hydrogen-bond donors (Lipinski definition) is 2. The van der Waals surface area contributed by atoms with Gasteiger partial charge in [-0.15, -0.1) is 0 Å². The molecule has 0 bridgehead atoms. The Balaban J connectivity index is 3.29. The molecule has 1 aromatic carbocycles. The van der Waals surface area contributed by atoms with E-state index in [-0.39, 0.29) is 10.6 Å². The van der Waals surface area contributed by atoms with Crippen LogP contribution in [0.25, 0.3) is 6.08 Å². The number of phenols is 1. The Morgan fingerprint density at radius 2 is 2.19 bits per heavy atom. The fourth-order valence-corrected chi connectivity index (χ4v) is 1.26. The fraction of sp³-hybridized carbons (Fsp3) is 0. The standard InChI is InChI=1S/C9H7ClN2O4/c10-6-3-5(1-2-8(11)13)9(14)7(4-6)12(15)16/h1-4,14H,(H2,11,13)/b2-1-. The Hall–Kier alpha value is -2.08. The molecule has 84 valence electrons. The second kappa shape index (κ2) is 4.63. The number of benzene rings is 1. The van der Waals surface area contributed by atoms with Gasteiger partial charge in [0.25, 0.3) is 0 Å². The molecule has 1 rings (SSSR count). The summed E-state index contributed by atoms with van der Waals surface area (Å²) in [6.45, 7) is 0. The summed E-state index contributed by atoms with van der Waals surface area (Å²) in [6.07, 6.45) is 2.12. The molecule has 1 aromatic rings. The van der Waals surface area contributed by atoms with Crippen molar-refractivity contribution in [2.75, 3.05) is 0 Å². The lowest BCUT2D eigenvalue weighted by atomic mass is 10.1. The summed E-state index contributed by atoms with van der Waals surface area (Å²) >= 11 is 5.62. The molecule has 0 radical (unpaired) electrons. The van der Waals surface area contributed by atoms with Gasteiger partial charge in [0.1, 0.15) is 0 Å². The first-order valence-electron chi connectivity index (χ1n) is 4.06. The van der Waals surface area contributed by atoms with Crippen molar-refractivity contribution in [3.05, 3.63) is 38.9 Å². The Bertz CT molecular complexity index is 485. The molecule has 0 aliphatic carbocycles. The second-order valence-electron chi connectivity index (χ2n) is 2.86. The van der Waals surface area contributed by atoms with E-state index < -0.39 is 22.3 Å². The van der Waals surface area contributed by atoms with Gasteiger partial charge in [0, 0.05) is 22.7 Å². The van der Waals surface area contributed by atoms with E-state index in [0.717, 1.165) is 18.2 Å². The first kappa shape index (κ1) is 12.0. The van der Waals surface area contributed by atoms with Crippen LogP contribution < -0.4 is 5.73 Å². The van der Waals surface area contributed by atoms with Crippen LogP contribution in [0.1, 0.15) is 5.56 Å².